The van der Waals surface area contributed by atoms with E-state index in [2.05, 4.69) is 39.5 Å². The summed E-state index contributed by atoms with van der Waals surface area (Å²) >= 11 is 0. The molecule has 1 aliphatic carbocycles. The molecule has 1 spiro atoms. The van der Waals surface area contributed by atoms with Crippen molar-refractivity contribution < 1.29 is 0 Å². The SMILES string of the molecule is N=CC(=CN)c1ccc2nc(Nc3ccc(N4CCC5(CCC5)CC4)cc3)c3nccn3c2c1. The molecule has 2 aromatic carbocycles. The summed E-state index contributed by atoms with van der Waals surface area (Å²) in [5.41, 5.74) is 12.7. The van der Waals surface area contributed by atoms with Gasteiger partial charge in [-0.2, -0.15) is 0 Å². The van der Waals surface area contributed by atoms with Crippen LogP contribution in [0.2, 0.25) is 0 Å². The average Bonchev–Trinajstić information content (AvgIpc) is 3.36. The van der Waals surface area contributed by atoms with Crippen LogP contribution in [0.3, 0.4) is 0 Å². The van der Waals surface area contributed by atoms with Gasteiger partial charge >= 0.3 is 0 Å². The molecule has 1 saturated heterocycles. The highest BCUT2D eigenvalue weighted by atomic mass is 15.1. The molecule has 7 nitrogen and oxygen atoms in total. The summed E-state index contributed by atoms with van der Waals surface area (Å²) in [7, 11) is 0. The lowest BCUT2D eigenvalue weighted by Crippen LogP contribution is -2.43. The van der Waals surface area contributed by atoms with Gasteiger partial charge in [0.25, 0.3) is 0 Å². The van der Waals surface area contributed by atoms with Crippen molar-refractivity contribution in [2.75, 3.05) is 23.3 Å². The fourth-order valence-corrected chi connectivity index (χ4v) is 5.45. The maximum Gasteiger partial charge on any atom is 0.180 e. The molecule has 0 bridgehead atoms. The van der Waals surface area contributed by atoms with Crippen LogP contribution >= 0.6 is 0 Å². The van der Waals surface area contributed by atoms with E-state index < -0.39 is 0 Å². The summed E-state index contributed by atoms with van der Waals surface area (Å²) in [4.78, 5) is 11.9. The zero-order chi connectivity index (χ0) is 23.1. The molecule has 0 unspecified atom stereocenters. The van der Waals surface area contributed by atoms with E-state index in [1.54, 1.807) is 6.20 Å². The predicted octanol–water partition coefficient (Wildman–Crippen LogP) is 5.35. The number of rotatable bonds is 5. The monoisotopic (exact) mass is 451 g/mol. The van der Waals surface area contributed by atoms with Gasteiger partial charge in [-0.15, -0.1) is 0 Å². The molecule has 0 atom stereocenters. The lowest BCUT2D eigenvalue weighted by Gasteiger charge is -2.48. The zero-order valence-corrected chi connectivity index (χ0v) is 19.2. The van der Waals surface area contributed by atoms with Gasteiger partial charge in [0, 0.05) is 54.8 Å². The van der Waals surface area contributed by atoms with Crippen LogP contribution in [-0.2, 0) is 0 Å². The number of nitrogens with one attached hydrogen (secondary N) is 2. The van der Waals surface area contributed by atoms with Crippen molar-refractivity contribution in [3.8, 4) is 0 Å². The molecule has 0 amide bonds. The molecule has 2 aliphatic rings. The van der Waals surface area contributed by atoms with Gasteiger partial charge < -0.3 is 21.4 Å². The minimum Gasteiger partial charge on any atom is -0.404 e. The first kappa shape index (κ1) is 20.7. The zero-order valence-electron chi connectivity index (χ0n) is 19.2. The Morgan fingerprint density at radius 3 is 2.53 bits per heavy atom. The number of allylic oxidation sites excluding steroid dienone is 1. The fraction of sp³-hybridized carbons (Fsp3) is 0.296. The highest BCUT2D eigenvalue weighted by molar-refractivity contribution is 6.09. The molecular formula is C27H29N7. The third kappa shape index (κ3) is 3.48. The number of piperidine rings is 1. The van der Waals surface area contributed by atoms with Crippen molar-refractivity contribution in [3.63, 3.8) is 0 Å². The van der Waals surface area contributed by atoms with E-state index in [1.165, 1.54) is 50.2 Å². The fourth-order valence-electron chi connectivity index (χ4n) is 5.45. The van der Waals surface area contributed by atoms with Gasteiger partial charge in [0.15, 0.2) is 11.5 Å². The highest BCUT2D eigenvalue weighted by Crippen LogP contribution is 2.49. The van der Waals surface area contributed by atoms with Crippen LogP contribution in [0, 0.1) is 10.8 Å². The number of fused-ring (bicyclic) bond motifs is 3. The third-order valence-corrected chi connectivity index (χ3v) is 7.72. The molecular weight excluding hydrogens is 422 g/mol. The molecule has 2 fully saturated rings. The molecule has 6 rings (SSSR count). The normalized spacial score (nSPS) is 17.8. The number of hydrogen-bond acceptors (Lipinski definition) is 6. The maximum atomic E-state index is 7.59. The molecule has 172 valence electrons. The molecule has 1 aliphatic heterocycles. The molecule has 4 N–H and O–H groups in total. The Bertz CT molecular complexity index is 1390. The standard InChI is InChI=1S/C27H29N7/c28-17-20(18-29)19-2-7-23-24(16-19)34-15-12-30-26(34)25(32-23)31-21-3-5-22(6-4-21)33-13-10-27(11-14-33)8-1-9-27/h2-7,12,15-18,28H,1,8-11,13-14,29H2,(H,31,32). The molecule has 0 radical (unpaired) electrons. The van der Waals surface area contributed by atoms with Crippen molar-refractivity contribution in [2.24, 2.45) is 11.1 Å². The van der Waals surface area contributed by atoms with Crippen molar-refractivity contribution in [1.82, 2.24) is 14.4 Å². The molecule has 34 heavy (non-hydrogen) atoms. The first-order valence-corrected chi connectivity index (χ1v) is 12.0. The van der Waals surface area contributed by atoms with Crippen LogP contribution in [0.1, 0.15) is 37.7 Å². The minimum atomic E-state index is 0.661. The van der Waals surface area contributed by atoms with Gasteiger partial charge in [0.05, 0.1) is 11.0 Å². The smallest absolute Gasteiger partial charge is 0.180 e. The van der Waals surface area contributed by atoms with E-state index >= 15 is 0 Å². The summed E-state index contributed by atoms with van der Waals surface area (Å²) in [6.07, 6.45) is 13.3. The summed E-state index contributed by atoms with van der Waals surface area (Å²) in [6, 6.07) is 14.5. The van der Waals surface area contributed by atoms with E-state index in [4.69, 9.17) is 16.1 Å². The number of imidazole rings is 1. The topological polar surface area (TPSA) is 95.3 Å². The Balaban J connectivity index is 1.26. The molecule has 7 heteroatoms. The van der Waals surface area contributed by atoms with Crippen molar-refractivity contribution >= 4 is 45.7 Å². The number of nitrogens with zero attached hydrogens (tertiary/aromatic N) is 4. The van der Waals surface area contributed by atoms with Crippen molar-refractivity contribution in [2.45, 2.75) is 32.1 Å². The quantitative estimate of drug-likeness (QED) is 0.356. The maximum absolute atomic E-state index is 7.59. The summed E-state index contributed by atoms with van der Waals surface area (Å²) < 4.78 is 2.02. The van der Waals surface area contributed by atoms with Crippen LogP contribution in [0.4, 0.5) is 17.2 Å². The van der Waals surface area contributed by atoms with E-state index in [-0.39, 0.29) is 0 Å². The second kappa shape index (κ2) is 8.17. The number of anilines is 3. The van der Waals surface area contributed by atoms with Crippen LogP contribution in [0.25, 0.3) is 22.3 Å². The van der Waals surface area contributed by atoms with Crippen LogP contribution < -0.4 is 16.0 Å². The van der Waals surface area contributed by atoms with E-state index in [0.29, 0.717) is 16.8 Å². The molecule has 1 saturated carbocycles. The molecule has 3 heterocycles. The number of hydrogen-bond donors (Lipinski definition) is 3. The van der Waals surface area contributed by atoms with Crippen molar-refractivity contribution in [3.05, 3.63) is 66.6 Å². The lowest BCUT2D eigenvalue weighted by molar-refractivity contribution is 0.0955. The van der Waals surface area contributed by atoms with Gasteiger partial charge in [-0.1, -0.05) is 12.5 Å². The van der Waals surface area contributed by atoms with Crippen LogP contribution in [-0.4, -0.2) is 33.7 Å². The molecule has 4 aromatic rings. The average molecular weight is 452 g/mol. The number of nitrogens with two attached hydrogens (primary N) is 1. The number of aromatic nitrogens is 3. The van der Waals surface area contributed by atoms with Crippen LogP contribution in [0.5, 0.6) is 0 Å². The molecule has 2 aromatic heterocycles. The van der Waals surface area contributed by atoms with E-state index in [9.17, 15) is 0 Å². The van der Waals surface area contributed by atoms with Gasteiger partial charge in [-0.05, 0) is 73.1 Å². The summed E-state index contributed by atoms with van der Waals surface area (Å²) in [5.74, 6) is 0.713. The van der Waals surface area contributed by atoms with Crippen LogP contribution in [0.15, 0.2) is 61.1 Å². The second-order valence-corrected chi connectivity index (χ2v) is 9.56. The minimum absolute atomic E-state index is 0.661. The van der Waals surface area contributed by atoms with Gasteiger partial charge in [0.1, 0.15) is 0 Å². The highest BCUT2D eigenvalue weighted by Gasteiger charge is 2.39. The first-order valence-electron chi connectivity index (χ1n) is 12.0. The predicted molar refractivity (Wildman–Crippen MR) is 139 cm³/mol. The number of benzene rings is 2. The Morgan fingerprint density at radius 1 is 1.06 bits per heavy atom. The Kier molecular flexibility index (Phi) is 4.98. The summed E-state index contributed by atoms with van der Waals surface area (Å²) in [6.45, 7) is 2.32. The van der Waals surface area contributed by atoms with Gasteiger partial charge in [0.2, 0.25) is 0 Å². The first-order chi connectivity index (χ1) is 16.7. The largest absolute Gasteiger partial charge is 0.404 e. The van der Waals surface area contributed by atoms with Crippen molar-refractivity contribution in [1.29, 1.82) is 5.41 Å². The van der Waals surface area contributed by atoms with E-state index in [1.807, 2.05) is 28.8 Å². The Labute approximate surface area is 198 Å². The lowest BCUT2D eigenvalue weighted by atomic mass is 9.63. The second-order valence-electron chi connectivity index (χ2n) is 9.56. The van der Waals surface area contributed by atoms with E-state index in [0.717, 1.165) is 41.0 Å². The summed E-state index contributed by atoms with van der Waals surface area (Å²) in [5, 5.41) is 11.1. The third-order valence-electron chi connectivity index (χ3n) is 7.72. The Morgan fingerprint density at radius 2 is 1.85 bits per heavy atom. The Hall–Kier alpha value is -3.87. The van der Waals surface area contributed by atoms with Gasteiger partial charge in [-0.25, -0.2) is 9.97 Å². The van der Waals surface area contributed by atoms with Gasteiger partial charge in [-0.3, -0.25) is 4.40 Å².